The Hall–Kier alpha value is -1.84. The Labute approximate surface area is 120 Å². The summed E-state index contributed by atoms with van der Waals surface area (Å²) in [5.74, 6) is -2.11. The molecule has 4 heteroatoms. The predicted octanol–water partition coefficient (Wildman–Crippen LogP) is 2.85. The molecule has 0 aliphatic carbocycles. The van der Waals surface area contributed by atoms with E-state index in [2.05, 4.69) is 6.92 Å². The number of benzene rings is 1. The maximum atomic E-state index is 12.0. The van der Waals surface area contributed by atoms with E-state index in [9.17, 15) is 9.59 Å². The number of ether oxygens (including phenoxy) is 2. The minimum atomic E-state index is -0.994. The number of hydrogen-bond donors (Lipinski definition) is 0. The van der Waals surface area contributed by atoms with Crippen LogP contribution in [0.4, 0.5) is 0 Å². The number of carbonyl (C=O) groups excluding carboxylic acids is 2. The van der Waals surface area contributed by atoms with Gasteiger partial charge in [0.05, 0.1) is 13.2 Å². The molecule has 0 atom stereocenters. The molecule has 110 valence electrons. The van der Waals surface area contributed by atoms with Crippen molar-refractivity contribution in [3.63, 3.8) is 0 Å². The molecule has 0 amide bonds. The molecule has 1 aromatic carbocycles. The van der Waals surface area contributed by atoms with Gasteiger partial charge in [0.2, 0.25) is 0 Å². The van der Waals surface area contributed by atoms with Crippen LogP contribution < -0.4 is 0 Å². The lowest BCUT2D eigenvalue weighted by Crippen LogP contribution is -2.26. The average molecular weight is 278 g/mol. The van der Waals surface area contributed by atoms with Crippen molar-refractivity contribution in [3.05, 3.63) is 35.4 Å². The van der Waals surface area contributed by atoms with Gasteiger partial charge < -0.3 is 9.47 Å². The Morgan fingerprint density at radius 1 is 1.05 bits per heavy atom. The summed E-state index contributed by atoms with van der Waals surface area (Å²) in [4.78, 5) is 24.0. The van der Waals surface area contributed by atoms with Crippen LogP contribution in [0.25, 0.3) is 0 Å². The van der Waals surface area contributed by atoms with E-state index >= 15 is 0 Å². The second-order valence-corrected chi connectivity index (χ2v) is 4.43. The summed E-state index contributed by atoms with van der Waals surface area (Å²) in [5.41, 5.74) is 1.73. The van der Waals surface area contributed by atoms with Crippen LogP contribution in [0, 0.1) is 0 Å². The van der Waals surface area contributed by atoms with E-state index in [1.165, 1.54) is 0 Å². The molecule has 0 saturated carbocycles. The number of carbonyl (C=O) groups is 2. The highest BCUT2D eigenvalue weighted by Crippen LogP contribution is 2.21. The maximum absolute atomic E-state index is 12.0. The number of esters is 2. The second kappa shape index (κ2) is 8.35. The summed E-state index contributed by atoms with van der Waals surface area (Å²) in [6.07, 6.45) is 1.92. The van der Waals surface area contributed by atoms with Crippen molar-refractivity contribution in [2.45, 2.75) is 39.5 Å². The zero-order valence-corrected chi connectivity index (χ0v) is 12.3. The number of rotatable bonds is 7. The lowest BCUT2D eigenvalue weighted by atomic mass is 9.96. The van der Waals surface area contributed by atoms with E-state index < -0.39 is 17.9 Å². The Kier molecular flexibility index (Phi) is 6.77. The zero-order chi connectivity index (χ0) is 15.0. The molecule has 1 aromatic rings. The molecule has 0 aromatic heterocycles. The Morgan fingerprint density at radius 3 is 2.15 bits per heavy atom. The van der Waals surface area contributed by atoms with Crippen molar-refractivity contribution >= 4 is 11.9 Å². The van der Waals surface area contributed by atoms with Gasteiger partial charge in [-0.3, -0.25) is 9.59 Å². The number of aryl methyl sites for hydroxylation is 1. The summed E-state index contributed by atoms with van der Waals surface area (Å²) in [7, 11) is 0. The Morgan fingerprint density at radius 2 is 1.65 bits per heavy atom. The Balaban J connectivity index is 3.05. The SMILES string of the molecule is CCCc1cccc(C(C(=O)OCC)C(=O)OCC)c1. The highest BCUT2D eigenvalue weighted by Gasteiger charge is 2.31. The van der Waals surface area contributed by atoms with Crippen LogP contribution in [0.15, 0.2) is 24.3 Å². The van der Waals surface area contributed by atoms with Crippen molar-refractivity contribution in [1.29, 1.82) is 0 Å². The normalized spacial score (nSPS) is 10.4. The van der Waals surface area contributed by atoms with Crippen molar-refractivity contribution in [2.75, 3.05) is 13.2 Å². The smallest absolute Gasteiger partial charge is 0.324 e. The summed E-state index contributed by atoms with van der Waals surface area (Å²) in [5, 5.41) is 0. The molecule has 0 radical (unpaired) electrons. The molecular weight excluding hydrogens is 256 g/mol. The van der Waals surface area contributed by atoms with E-state index in [0.717, 1.165) is 18.4 Å². The maximum Gasteiger partial charge on any atom is 0.324 e. The van der Waals surface area contributed by atoms with Crippen LogP contribution in [-0.2, 0) is 25.5 Å². The molecule has 0 spiro atoms. The molecule has 0 saturated heterocycles. The summed E-state index contributed by atoms with van der Waals surface area (Å²) >= 11 is 0. The third kappa shape index (κ3) is 4.37. The fourth-order valence-corrected chi connectivity index (χ4v) is 2.04. The van der Waals surface area contributed by atoms with Crippen molar-refractivity contribution in [2.24, 2.45) is 0 Å². The van der Waals surface area contributed by atoms with Gasteiger partial charge in [-0.25, -0.2) is 0 Å². The standard InChI is InChI=1S/C16H22O4/c1-4-8-12-9-7-10-13(11-12)14(15(17)19-5-2)16(18)20-6-3/h7,9-11,14H,4-6,8H2,1-3H3. The largest absolute Gasteiger partial charge is 0.465 e. The summed E-state index contributed by atoms with van der Waals surface area (Å²) in [6, 6.07) is 7.48. The predicted molar refractivity (Wildman–Crippen MR) is 76.4 cm³/mol. The van der Waals surface area contributed by atoms with E-state index in [4.69, 9.17) is 9.47 Å². The van der Waals surface area contributed by atoms with Gasteiger partial charge in [0.25, 0.3) is 0 Å². The average Bonchev–Trinajstić information content (AvgIpc) is 2.40. The first-order chi connectivity index (χ1) is 9.63. The van der Waals surface area contributed by atoms with Crippen molar-refractivity contribution in [3.8, 4) is 0 Å². The fourth-order valence-electron chi connectivity index (χ4n) is 2.04. The highest BCUT2D eigenvalue weighted by molar-refractivity contribution is 6.00. The molecule has 0 aliphatic heterocycles. The van der Waals surface area contributed by atoms with E-state index in [-0.39, 0.29) is 13.2 Å². The number of hydrogen-bond acceptors (Lipinski definition) is 4. The molecular formula is C16H22O4. The van der Waals surface area contributed by atoms with E-state index in [0.29, 0.717) is 5.56 Å². The molecule has 20 heavy (non-hydrogen) atoms. The van der Waals surface area contributed by atoms with Crippen LogP contribution in [0.1, 0.15) is 44.2 Å². The van der Waals surface area contributed by atoms with E-state index in [1.807, 2.05) is 18.2 Å². The minimum absolute atomic E-state index is 0.239. The molecule has 0 heterocycles. The van der Waals surface area contributed by atoms with Crippen LogP contribution >= 0.6 is 0 Å². The lowest BCUT2D eigenvalue weighted by Gasteiger charge is -2.15. The van der Waals surface area contributed by atoms with Crippen LogP contribution in [0.5, 0.6) is 0 Å². The quantitative estimate of drug-likeness (QED) is 0.568. The van der Waals surface area contributed by atoms with Gasteiger partial charge in [-0.2, -0.15) is 0 Å². The van der Waals surface area contributed by atoms with Crippen molar-refractivity contribution < 1.29 is 19.1 Å². The molecule has 0 bridgehead atoms. The second-order valence-electron chi connectivity index (χ2n) is 4.43. The molecule has 0 N–H and O–H groups in total. The lowest BCUT2D eigenvalue weighted by molar-refractivity contribution is -0.156. The molecule has 4 nitrogen and oxygen atoms in total. The molecule has 0 aliphatic rings. The first kappa shape index (κ1) is 16.2. The third-order valence-electron chi connectivity index (χ3n) is 2.87. The van der Waals surface area contributed by atoms with Gasteiger partial charge in [0.15, 0.2) is 5.92 Å². The minimum Gasteiger partial charge on any atom is -0.465 e. The molecule has 1 rings (SSSR count). The van der Waals surface area contributed by atoms with Gasteiger partial charge in [0.1, 0.15) is 0 Å². The fraction of sp³-hybridized carbons (Fsp3) is 0.500. The molecule has 0 fully saturated rings. The topological polar surface area (TPSA) is 52.6 Å². The van der Waals surface area contributed by atoms with Crippen LogP contribution in [0.3, 0.4) is 0 Å². The van der Waals surface area contributed by atoms with Gasteiger partial charge in [-0.05, 0) is 31.4 Å². The third-order valence-corrected chi connectivity index (χ3v) is 2.87. The zero-order valence-electron chi connectivity index (χ0n) is 12.3. The van der Waals surface area contributed by atoms with Gasteiger partial charge in [0, 0.05) is 0 Å². The van der Waals surface area contributed by atoms with E-state index in [1.54, 1.807) is 19.9 Å². The molecule has 0 unspecified atom stereocenters. The summed E-state index contributed by atoms with van der Waals surface area (Å²) < 4.78 is 9.97. The van der Waals surface area contributed by atoms with Gasteiger partial charge in [-0.1, -0.05) is 37.6 Å². The first-order valence-corrected chi connectivity index (χ1v) is 7.06. The summed E-state index contributed by atoms with van der Waals surface area (Å²) in [6.45, 7) is 5.99. The monoisotopic (exact) mass is 278 g/mol. The van der Waals surface area contributed by atoms with Gasteiger partial charge in [-0.15, -0.1) is 0 Å². The van der Waals surface area contributed by atoms with Crippen LogP contribution in [-0.4, -0.2) is 25.2 Å². The van der Waals surface area contributed by atoms with Crippen LogP contribution in [0.2, 0.25) is 0 Å². The van der Waals surface area contributed by atoms with Crippen molar-refractivity contribution in [1.82, 2.24) is 0 Å². The van der Waals surface area contributed by atoms with Gasteiger partial charge >= 0.3 is 11.9 Å². The first-order valence-electron chi connectivity index (χ1n) is 7.06. The Bertz CT molecular complexity index is 436. The highest BCUT2D eigenvalue weighted by atomic mass is 16.6.